The van der Waals surface area contributed by atoms with Gasteiger partial charge in [-0.2, -0.15) is 0 Å². The molecule has 0 N–H and O–H groups in total. The number of carbonyl (C=O) groups is 1. The second kappa shape index (κ2) is 5.75. The number of hydrogen-bond donors (Lipinski definition) is 0. The second-order valence-corrected chi connectivity index (χ2v) is 5.75. The quantitative estimate of drug-likeness (QED) is 0.692. The fraction of sp³-hybridized carbons (Fsp3) is 0.143. The van der Waals surface area contributed by atoms with E-state index < -0.39 is 5.97 Å². The van der Waals surface area contributed by atoms with Gasteiger partial charge in [0.1, 0.15) is 16.6 Å². The summed E-state index contributed by atoms with van der Waals surface area (Å²) in [5.41, 5.74) is 2.47. The zero-order valence-corrected chi connectivity index (χ0v) is 12.6. The molecule has 0 fully saturated rings. The number of pyridine rings is 1. The maximum atomic E-state index is 12.3. The third kappa shape index (κ3) is 2.86. The van der Waals surface area contributed by atoms with Crippen molar-refractivity contribution in [2.24, 2.45) is 0 Å². The molecule has 0 saturated heterocycles. The van der Waals surface area contributed by atoms with E-state index >= 15 is 0 Å². The molecule has 3 aromatic rings. The summed E-state index contributed by atoms with van der Waals surface area (Å²) in [6.07, 6.45) is 0. The Morgan fingerprint density at radius 1 is 1.38 bits per heavy atom. The molecule has 0 aliphatic rings. The van der Waals surface area contributed by atoms with Crippen molar-refractivity contribution in [2.75, 3.05) is 0 Å². The molecule has 7 heteroatoms. The molecule has 0 saturated carbocycles. The van der Waals surface area contributed by atoms with Crippen LogP contribution < -0.4 is 0 Å². The number of hydrogen-bond acceptors (Lipinski definition) is 6. The van der Waals surface area contributed by atoms with Crippen molar-refractivity contribution < 1.29 is 9.53 Å². The van der Waals surface area contributed by atoms with Gasteiger partial charge >= 0.3 is 5.97 Å². The topological polar surface area (TPSA) is 65.0 Å². The summed E-state index contributed by atoms with van der Waals surface area (Å²) in [6.45, 7) is 1.84. The first kappa shape index (κ1) is 13.9. The van der Waals surface area contributed by atoms with Gasteiger partial charge in [0.15, 0.2) is 0 Å². The number of benzene rings is 1. The summed E-state index contributed by atoms with van der Waals surface area (Å²) in [5.74, 6) is -0.430. The molecule has 0 atom stereocenters. The van der Waals surface area contributed by atoms with Gasteiger partial charge in [0, 0.05) is 22.6 Å². The number of fused-ring (bicyclic) bond motifs is 1. The van der Waals surface area contributed by atoms with Crippen LogP contribution in [0.15, 0.2) is 30.3 Å². The molecule has 3 rings (SSSR count). The Bertz CT molecular complexity index is 819. The van der Waals surface area contributed by atoms with E-state index in [9.17, 15) is 4.79 Å². The highest BCUT2D eigenvalue weighted by Crippen LogP contribution is 2.21. The predicted molar refractivity (Wildman–Crippen MR) is 80.5 cm³/mol. The molecule has 106 valence electrons. The number of halogens is 1. The van der Waals surface area contributed by atoms with E-state index in [1.165, 1.54) is 0 Å². The van der Waals surface area contributed by atoms with Gasteiger partial charge in [-0.1, -0.05) is 34.3 Å². The van der Waals surface area contributed by atoms with E-state index in [2.05, 4.69) is 14.6 Å². The highest BCUT2D eigenvalue weighted by Gasteiger charge is 2.15. The summed E-state index contributed by atoms with van der Waals surface area (Å²) in [4.78, 5) is 16.7. The van der Waals surface area contributed by atoms with Crippen molar-refractivity contribution in [2.45, 2.75) is 13.5 Å². The van der Waals surface area contributed by atoms with E-state index in [1.807, 2.05) is 31.2 Å². The first-order valence-corrected chi connectivity index (χ1v) is 7.30. The Hall–Kier alpha value is -2.05. The minimum absolute atomic E-state index is 0.00383. The maximum absolute atomic E-state index is 12.3. The van der Waals surface area contributed by atoms with Gasteiger partial charge in [0.2, 0.25) is 0 Å². The number of aryl methyl sites for hydroxylation is 1. The van der Waals surface area contributed by atoms with Crippen LogP contribution in [0.2, 0.25) is 4.34 Å². The van der Waals surface area contributed by atoms with Crippen LogP contribution in [-0.4, -0.2) is 20.5 Å². The lowest BCUT2D eigenvalue weighted by molar-refractivity contribution is 0.0470. The molecule has 1 aromatic carbocycles. The zero-order chi connectivity index (χ0) is 14.8. The van der Waals surface area contributed by atoms with Crippen LogP contribution in [-0.2, 0) is 11.3 Å². The van der Waals surface area contributed by atoms with Crippen LogP contribution in [0.1, 0.15) is 21.7 Å². The van der Waals surface area contributed by atoms with E-state index in [1.54, 1.807) is 6.07 Å². The molecule has 0 unspecified atom stereocenters. The lowest BCUT2D eigenvalue weighted by Gasteiger charge is -2.07. The zero-order valence-electron chi connectivity index (χ0n) is 11.0. The summed E-state index contributed by atoms with van der Waals surface area (Å²) in [6, 6.07) is 9.16. The first-order chi connectivity index (χ1) is 10.1. The molecule has 21 heavy (non-hydrogen) atoms. The standard InChI is InChI=1S/C14H10ClN3O2S/c1-8-6-10(9-4-2-3-5-11(9)16-8)14(19)20-7-12-13(15)21-18-17-12/h2-6H,7H2,1H3. The minimum Gasteiger partial charge on any atom is -0.455 e. The largest absolute Gasteiger partial charge is 0.455 e. The summed E-state index contributed by atoms with van der Waals surface area (Å²) < 4.78 is 9.39. The van der Waals surface area contributed by atoms with Crippen LogP contribution in [0.3, 0.4) is 0 Å². The first-order valence-electron chi connectivity index (χ1n) is 6.15. The smallest absolute Gasteiger partial charge is 0.339 e. The third-order valence-electron chi connectivity index (χ3n) is 2.91. The predicted octanol–water partition coefficient (Wildman–Crippen LogP) is 3.41. The monoisotopic (exact) mass is 319 g/mol. The van der Waals surface area contributed by atoms with Crippen LogP contribution >= 0.6 is 23.1 Å². The number of aromatic nitrogens is 3. The van der Waals surface area contributed by atoms with Crippen LogP contribution in [0.25, 0.3) is 10.9 Å². The van der Waals surface area contributed by atoms with Crippen molar-refractivity contribution >= 4 is 40.0 Å². The SMILES string of the molecule is Cc1cc(C(=O)OCc2nnsc2Cl)c2ccccc2n1. The van der Waals surface area contributed by atoms with Gasteiger partial charge in [0.05, 0.1) is 11.1 Å². The number of ether oxygens (including phenoxy) is 1. The van der Waals surface area contributed by atoms with E-state index in [0.717, 1.165) is 28.1 Å². The number of rotatable bonds is 3. The summed E-state index contributed by atoms with van der Waals surface area (Å²) >= 11 is 6.94. The van der Waals surface area contributed by atoms with Crippen LogP contribution in [0, 0.1) is 6.92 Å². The Morgan fingerprint density at radius 3 is 2.95 bits per heavy atom. The lowest BCUT2D eigenvalue weighted by atomic mass is 10.1. The molecule has 0 aliphatic carbocycles. The van der Waals surface area contributed by atoms with E-state index in [0.29, 0.717) is 15.6 Å². The number of para-hydroxylation sites is 1. The highest BCUT2D eigenvalue weighted by molar-refractivity contribution is 7.10. The van der Waals surface area contributed by atoms with Crippen LogP contribution in [0.4, 0.5) is 0 Å². The maximum Gasteiger partial charge on any atom is 0.339 e. The molecule has 0 radical (unpaired) electrons. The fourth-order valence-corrected chi connectivity index (χ4v) is 2.57. The molecule has 2 heterocycles. The van der Waals surface area contributed by atoms with E-state index in [4.69, 9.17) is 16.3 Å². The van der Waals surface area contributed by atoms with Crippen molar-refractivity contribution in [3.8, 4) is 0 Å². The van der Waals surface area contributed by atoms with Crippen molar-refractivity contribution in [3.05, 3.63) is 51.6 Å². The van der Waals surface area contributed by atoms with Crippen LogP contribution in [0.5, 0.6) is 0 Å². The van der Waals surface area contributed by atoms with Crippen molar-refractivity contribution in [1.29, 1.82) is 0 Å². The second-order valence-electron chi connectivity index (χ2n) is 4.40. The molecule has 0 aliphatic heterocycles. The highest BCUT2D eigenvalue weighted by atomic mass is 35.5. The Labute approximate surface area is 129 Å². The fourth-order valence-electron chi connectivity index (χ4n) is 1.97. The molecular weight excluding hydrogens is 310 g/mol. The summed E-state index contributed by atoms with van der Waals surface area (Å²) in [5, 5.41) is 4.57. The molecule has 2 aromatic heterocycles. The number of nitrogens with zero attached hydrogens (tertiary/aromatic N) is 3. The molecule has 0 spiro atoms. The summed E-state index contributed by atoms with van der Waals surface area (Å²) in [7, 11) is 0. The Balaban J connectivity index is 1.89. The molecular formula is C14H10ClN3O2S. The number of carbonyl (C=O) groups excluding carboxylic acids is 1. The molecule has 0 amide bonds. The van der Waals surface area contributed by atoms with Gasteiger partial charge in [-0.15, -0.1) is 5.10 Å². The number of esters is 1. The lowest BCUT2D eigenvalue weighted by Crippen LogP contribution is -2.07. The Morgan fingerprint density at radius 2 is 2.19 bits per heavy atom. The van der Waals surface area contributed by atoms with Gasteiger partial charge in [-0.05, 0) is 19.1 Å². The average Bonchev–Trinajstić information content (AvgIpc) is 2.89. The van der Waals surface area contributed by atoms with Gasteiger partial charge in [-0.25, -0.2) is 4.79 Å². The normalized spacial score (nSPS) is 10.8. The van der Waals surface area contributed by atoms with Gasteiger partial charge in [-0.3, -0.25) is 4.98 Å². The Kier molecular flexibility index (Phi) is 3.81. The van der Waals surface area contributed by atoms with Crippen molar-refractivity contribution in [1.82, 2.24) is 14.6 Å². The molecule has 5 nitrogen and oxygen atoms in total. The minimum atomic E-state index is -0.430. The van der Waals surface area contributed by atoms with Gasteiger partial charge in [0.25, 0.3) is 0 Å². The third-order valence-corrected chi connectivity index (χ3v) is 3.90. The van der Waals surface area contributed by atoms with Crippen molar-refractivity contribution in [3.63, 3.8) is 0 Å². The molecule has 0 bridgehead atoms. The van der Waals surface area contributed by atoms with E-state index in [-0.39, 0.29) is 6.61 Å². The average molecular weight is 320 g/mol. The van der Waals surface area contributed by atoms with Gasteiger partial charge < -0.3 is 4.74 Å².